The van der Waals surface area contributed by atoms with E-state index in [-0.39, 0.29) is 11.9 Å². The van der Waals surface area contributed by atoms with Gasteiger partial charge in [-0.05, 0) is 23.6 Å². The second-order valence-corrected chi connectivity index (χ2v) is 5.25. The summed E-state index contributed by atoms with van der Waals surface area (Å²) in [4.78, 5) is 17.4. The number of hydrogen-bond donors (Lipinski definition) is 1. The molecule has 1 heterocycles. The average molecular weight is 283 g/mol. The summed E-state index contributed by atoms with van der Waals surface area (Å²) in [7, 11) is 3.49. The second kappa shape index (κ2) is 7.43. The van der Waals surface area contributed by atoms with Gasteiger partial charge in [-0.25, -0.2) is 4.79 Å². The van der Waals surface area contributed by atoms with Crippen molar-refractivity contribution in [1.82, 2.24) is 15.2 Å². The summed E-state index contributed by atoms with van der Waals surface area (Å²) in [6.07, 6.45) is 4.50. The maximum atomic E-state index is 11.7. The van der Waals surface area contributed by atoms with Crippen LogP contribution in [0.15, 0.2) is 54.9 Å². The number of amides is 2. The van der Waals surface area contributed by atoms with Crippen molar-refractivity contribution in [3.8, 4) is 0 Å². The fourth-order valence-electron chi connectivity index (χ4n) is 2.21. The van der Waals surface area contributed by atoms with Crippen molar-refractivity contribution >= 4 is 6.03 Å². The Morgan fingerprint density at radius 2 is 1.95 bits per heavy atom. The maximum Gasteiger partial charge on any atom is 0.316 e. The number of rotatable bonds is 5. The van der Waals surface area contributed by atoms with Gasteiger partial charge in [0.2, 0.25) is 0 Å². The molecular weight excluding hydrogens is 262 g/mol. The van der Waals surface area contributed by atoms with Crippen LogP contribution < -0.4 is 5.32 Å². The van der Waals surface area contributed by atoms with E-state index < -0.39 is 0 Å². The van der Waals surface area contributed by atoms with Crippen LogP contribution in [0.4, 0.5) is 4.79 Å². The molecule has 1 aromatic carbocycles. The van der Waals surface area contributed by atoms with E-state index in [1.807, 2.05) is 30.5 Å². The molecule has 1 unspecified atom stereocenters. The number of nitrogens with zero attached hydrogens (tertiary/aromatic N) is 2. The molecule has 0 aliphatic carbocycles. The molecule has 4 heteroatoms. The average Bonchev–Trinajstić information content (AvgIpc) is 2.52. The van der Waals surface area contributed by atoms with E-state index in [2.05, 4.69) is 28.5 Å². The number of benzene rings is 1. The third-order valence-electron chi connectivity index (χ3n) is 3.38. The molecule has 110 valence electrons. The molecule has 21 heavy (non-hydrogen) atoms. The molecular formula is C17H21N3O. The molecule has 0 aliphatic rings. The lowest BCUT2D eigenvalue weighted by molar-refractivity contribution is 0.216. The summed E-state index contributed by atoms with van der Waals surface area (Å²) in [6, 6.07) is 14.2. The Morgan fingerprint density at radius 1 is 1.19 bits per heavy atom. The number of urea groups is 1. The minimum atomic E-state index is -0.0675. The molecule has 0 bridgehead atoms. The van der Waals surface area contributed by atoms with Crippen LogP contribution in [0.3, 0.4) is 0 Å². The van der Waals surface area contributed by atoms with Crippen molar-refractivity contribution in [1.29, 1.82) is 0 Å². The molecule has 2 rings (SSSR count). The Labute approximate surface area is 125 Å². The Bertz CT molecular complexity index is 555. The van der Waals surface area contributed by atoms with Crippen LogP contribution >= 0.6 is 0 Å². The van der Waals surface area contributed by atoms with Crippen LogP contribution in [0.25, 0.3) is 0 Å². The first-order valence-corrected chi connectivity index (χ1v) is 7.06. The molecule has 0 spiro atoms. The fourth-order valence-corrected chi connectivity index (χ4v) is 2.21. The molecule has 2 aromatic rings. The number of pyridine rings is 1. The number of carbonyl (C=O) groups excluding carboxylic acids is 1. The number of carbonyl (C=O) groups is 1. The van der Waals surface area contributed by atoms with E-state index in [9.17, 15) is 4.79 Å². The van der Waals surface area contributed by atoms with Crippen molar-refractivity contribution in [2.75, 3.05) is 20.6 Å². The Balaban J connectivity index is 2.09. The number of hydrogen-bond acceptors (Lipinski definition) is 2. The smallest absolute Gasteiger partial charge is 0.316 e. The topological polar surface area (TPSA) is 45.2 Å². The summed E-state index contributed by atoms with van der Waals surface area (Å²) in [5, 5.41) is 2.97. The lowest BCUT2D eigenvalue weighted by Crippen LogP contribution is -2.37. The normalized spacial score (nSPS) is 11.7. The molecule has 2 amide bonds. The zero-order chi connectivity index (χ0) is 15.1. The van der Waals surface area contributed by atoms with E-state index in [0.717, 1.165) is 6.42 Å². The lowest BCUT2D eigenvalue weighted by atomic mass is 9.92. The summed E-state index contributed by atoms with van der Waals surface area (Å²) in [5.74, 6) is 0.235. The first-order valence-electron chi connectivity index (χ1n) is 7.06. The Hall–Kier alpha value is -2.36. The van der Waals surface area contributed by atoms with E-state index in [4.69, 9.17) is 0 Å². The van der Waals surface area contributed by atoms with Crippen LogP contribution in [0.2, 0.25) is 0 Å². The minimum Gasteiger partial charge on any atom is -0.337 e. The van der Waals surface area contributed by atoms with Gasteiger partial charge in [-0.2, -0.15) is 0 Å². The molecule has 1 N–H and O–H groups in total. The molecule has 1 atom stereocenters. The van der Waals surface area contributed by atoms with Crippen LogP contribution in [-0.2, 0) is 6.42 Å². The van der Waals surface area contributed by atoms with Crippen LogP contribution in [0.1, 0.15) is 17.0 Å². The molecule has 0 fully saturated rings. The highest BCUT2D eigenvalue weighted by molar-refractivity contribution is 5.73. The highest BCUT2D eigenvalue weighted by atomic mass is 16.2. The quantitative estimate of drug-likeness (QED) is 0.917. The van der Waals surface area contributed by atoms with Crippen molar-refractivity contribution in [3.05, 3.63) is 66.0 Å². The van der Waals surface area contributed by atoms with Crippen molar-refractivity contribution in [3.63, 3.8) is 0 Å². The van der Waals surface area contributed by atoms with Crippen molar-refractivity contribution < 1.29 is 4.79 Å². The number of nitrogens with one attached hydrogen (secondary N) is 1. The second-order valence-electron chi connectivity index (χ2n) is 5.25. The van der Waals surface area contributed by atoms with Gasteiger partial charge in [0.15, 0.2) is 0 Å². The monoisotopic (exact) mass is 283 g/mol. The molecule has 0 aliphatic heterocycles. The SMILES string of the molecule is CN(C)C(=O)NCC(Cc1cccnc1)c1ccccc1. The molecule has 0 saturated carbocycles. The summed E-state index contributed by atoms with van der Waals surface area (Å²) in [5.41, 5.74) is 2.39. The maximum absolute atomic E-state index is 11.7. The first-order chi connectivity index (χ1) is 10.2. The zero-order valence-corrected chi connectivity index (χ0v) is 12.5. The van der Waals surface area contributed by atoms with Crippen LogP contribution in [0.5, 0.6) is 0 Å². The largest absolute Gasteiger partial charge is 0.337 e. The Morgan fingerprint density at radius 3 is 2.57 bits per heavy atom. The van der Waals surface area contributed by atoms with Gasteiger partial charge < -0.3 is 10.2 Å². The number of aromatic nitrogens is 1. The third kappa shape index (κ3) is 4.60. The van der Waals surface area contributed by atoms with Gasteiger partial charge in [0.1, 0.15) is 0 Å². The predicted octanol–water partition coefficient (Wildman–Crippen LogP) is 2.68. The lowest BCUT2D eigenvalue weighted by Gasteiger charge is -2.20. The first kappa shape index (κ1) is 15.0. The van der Waals surface area contributed by atoms with E-state index in [1.54, 1.807) is 25.2 Å². The molecule has 0 radical (unpaired) electrons. The molecule has 4 nitrogen and oxygen atoms in total. The summed E-state index contributed by atoms with van der Waals surface area (Å²) in [6.45, 7) is 0.607. The van der Waals surface area contributed by atoms with Gasteiger partial charge in [-0.1, -0.05) is 36.4 Å². The van der Waals surface area contributed by atoms with Gasteiger partial charge in [-0.15, -0.1) is 0 Å². The van der Waals surface area contributed by atoms with Gasteiger partial charge in [0.25, 0.3) is 0 Å². The highest BCUT2D eigenvalue weighted by Gasteiger charge is 2.14. The fraction of sp³-hybridized carbons (Fsp3) is 0.294. The van der Waals surface area contributed by atoms with Crippen molar-refractivity contribution in [2.45, 2.75) is 12.3 Å². The standard InChI is InChI=1S/C17H21N3O/c1-20(2)17(21)19-13-16(15-8-4-3-5-9-15)11-14-7-6-10-18-12-14/h3-10,12,16H,11,13H2,1-2H3,(H,19,21). The van der Waals surface area contributed by atoms with E-state index >= 15 is 0 Å². The third-order valence-corrected chi connectivity index (χ3v) is 3.38. The minimum absolute atomic E-state index is 0.0675. The van der Waals surface area contributed by atoms with Crippen molar-refractivity contribution in [2.24, 2.45) is 0 Å². The Kier molecular flexibility index (Phi) is 5.32. The van der Waals surface area contributed by atoms with Gasteiger partial charge >= 0.3 is 6.03 Å². The summed E-state index contributed by atoms with van der Waals surface area (Å²) < 4.78 is 0. The van der Waals surface area contributed by atoms with Gasteiger partial charge in [-0.3, -0.25) is 4.98 Å². The van der Waals surface area contributed by atoms with E-state index in [0.29, 0.717) is 6.54 Å². The van der Waals surface area contributed by atoms with E-state index in [1.165, 1.54) is 11.1 Å². The predicted molar refractivity (Wildman–Crippen MR) is 84.2 cm³/mol. The van der Waals surface area contributed by atoms with Gasteiger partial charge in [0, 0.05) is 39.0 Å². The zero-order valence-electron chi connectivity index (χ0n) is 12.5. The molecule has 0 saturated heterocycles. The van der Waals surface area contributed by atoms with Crippen LogP contribution in [-0.4, -0.2) is 36.6 Å². The van der Waals surface area contributed by atoms with Gasteiger partial charge in [0.05, 0.1) is 0 Å². The highest BCUT2D eigenvalue weighted by Crippen LogP contribution is 2.19. The molecule has 1 aromatic heterocycles. The summed E-state index contributed by atoms with van der Waals surface area (Å²) >= 11 is 0. The van der Waals surface area contributed by atoms with Crippen LogP contribution in [0, 0.1) is 0 Å².